The van der Waals surface area contributed by atoms with Gasteiger partial charge in [-0.2, -0.15) is 0 Å². The minimum absolute atomic E-state index is 0.0491. The zero-order chi connectivity index (χ0) is 23.4. The Morgan fingerprint density at radius 1 is 1.03 bits per heavy atom. The first-order valence-corrected chi connectivity index (χ1v) is 9.65. The molecule has 0 aromatic heterocycles. The van der Waals surface area contributed by atoms with E-state index in [0.717, 1.165) is 4.90 Å². The summed E-state index contributed by atoms with van der Waals surface area (Å²) in [6.45, 7) is 5.01. The van der Waals surface area contributed by atoms with Gasteiger partial charge in [-0.15, -0.1) is 6.58 Å². The standard InChI is InChI=1S/C23H22N2O7/c1-5-8-25-21(27)18-7-6-14(9-19(18)22(25)28)23(29)32-13(2)20(26)24-15-10-16(30-3)12-17(11-15)31-4/h5-7,9-13H,1,8H2,2-4H3,(H,24,26). The van der Waals surface area contributed by atoms with Gasteiger partial charge < -0.3 is 19.5 Å². The number of rotatable bonds is 8. The third-order valence-electron chi connectivity index (χ3n) is 4.79. The Bertz CT molecular complexity index is 1090. The highest BCUT2D eigenvalue weighted by molar-refractivity contribution is 6.22. The number of anilines is 1. The van der Waals surface area contributed by atoms with Crippen LogP contribution < -0.4 is 14.8 Å². The van der Waals surface area contributed by atoms with Crippen LogP contribution in [0.2, 0.25) is 0 Å². The predicted octanol–water partition coefficient (Wildman–Crippen LogP) is 2.67. The van der Waals surface area contributed by atoms with Crippen molar-refractivity contribution in [2.24, 2.45) is 0 Å². The van der Waals surface area contributed by atoms with Crippen molar-refractivity contribution < 1.29 is 33.4 Å². The number of fused-ring (bicyclic) bond motifs is 1. The molecular formula is C23H22N2O7. The first-order valence-electron chi connectivity index (χ1n) is 9.65. The second-order valence-electron chi connectivity index (χ2n) is 6.91. The summed E-state index contributed by atoms with van der Waals surface area (Å²) in [5.74, 6) is -1.39. The van der Waals surface area contributed by atoms with E-state index in [1.807, 2.05) is 0 Å². The van der Waals surface area contributed by atoms with Crippen molar-refractivity contribution in [2.75, 3.05) is 26.1 Å². The lowest BCUT2D eigenvalue weighted by molar-refractivity contribution is -0.123. The van der Waals surface area contributed by atoms with Gasteiger partial charge in [-0.05, 0) is 25.1 Å². The van der Waals surface area contributed by atoms with E-state index < -0.39 is 29.8 Å². The molecule has 1 aliphatic rings. The molecule has 1 unspecified atom stereocenters. The summed E-state index contributed by atoms with van der Waals surface area (Å²) in [6, 6.07) is 8.89. The maximum Gasteiger partial charge on any atom is 0.338 e. The summed E-state index contributed by atoms with van der Waals surface area (Å²) in [4.78, 5) is 50.8. The Hall–Kier alpha value is -4.14. The zero-order valence-corrected chi connectivity index (χ0v) is 17.8. The number of nitrogens with zero attached hydrogens (tertiary/aromatic N) is 1. The van der Waals surface area contributed by atoms with Gasteiger partial charge >= 0.3 is 5.97 Å². The summed E-state index contributed by atoms with van der Waals surface area (Å²) in [6.07, 6.45) is 0.303. The van der Waals surface area contributed by atoms with Crippen LogP contribution in [0.4, 0.5) is 5.69 Å². The number of ether oxygens (including phenoxy) is 3. The Morgan fingerprint density at radius 3 is 2.25 bits per heavy atom. The molecule has 9 heteroatoms. The van der Waals surface area contributed by atoms with Crippen LogP contribution in [0.1, 0.15) is 38.0 Å². The van der Waals surface area contributed by atoms with E-state index in [1.54, 1.807) is 18.2 Å². The zero-order valence-electron chi connectivity index (χ0n) is 17.8. The minimum atomic E-state index is -1.14. The molecule has 1 aliphatic heterocycles. The summed E-state index contributed by atoms with van der Waals surface area (Å²) in [7, 11) is 2.96. The largest absolute Gasteiger partial charge is 0.497 e. The molecule has 0 fully saturated rings. The van der Waals surface area contributed by atoms with Crippen LogP contribution in [-0.2, 0) is 9.53 Å². The van der Waals surface area contributed by atoms with E-state index in [2.05, 4.69) is 11.9 Å². The van der Waals surface area contributed by atoms with E-state index in [4.69, 9.17) is 14.2 Å². The van der Waals surface area contributed by atoms with Crippen molar-refractivity contribution >= 4 is 29.4 Å². The van der Waals surface area contributed by atoms with Crippen molar-refractivity contribution in [3.05, 3.63) is 65.7 Å². The number of carbonyl (C=O) groups excluding carboxylic acids is 4. The normalized spacial score (nSPS) is 13.3. The number of benzene rings is 2. The molecule has 3 rings (SSSR count). The smallest absolute Gasteiger partial charge is 0.338 e. The summed E-state index contributed by atoms with van der Waals surface area (Å²) in [5, 5.41) is 2.63. The first-order chi connectivity index (χ1) is 15.3. The summed E-state index contributed by atoms with van der Waals surface area (Å²) >= 11 is 0. The predicted molar refractivity (Wildman–Crippen MR) is 115 cm³/mol. The van der Waals surface area contributed by atoms with Gasteiger partial charge in [-0.3, -0.25) is 19.3 Å². The van der Waals surface area contributed by atoms with Gasteiger partial charge in [0.2, 0.25) is 0 Å². The van der Waals surface area contributed by atoms with Gasteiger partial charge in [0.25, 0.3) is 17.7 Å². The number of methoxy groups -OCH3 is 2. The SMILES string of the molecule is C=CCN1C(=O)c2ccc(C(=O)OC(C)C(=O)Nc3cc(OC)cc(OC)c3)cc2C1=O. The Balaban J connectivity index is 1.70. The first kappa shape index (κ1) is 22.5. The average Bonchev–Trinajstić information content (AvgIpc) is 3.03. The molecule has 0 bridgehead atoms. The van der Waals surface area contributed by atoms with Crippen molar-refractivity contribution in [1.82, 2.24) is 4.90 Å². The molecule has 0 saturated heterocycles. The molecule has 2 aromatic rings. The fourth-order valence-electron chi connectivity index (χ4n) is 3.12. The van der Waals surface area contributed by atoms with Crippen LogP contribution in [0.15, 0.2) is 49.1 Å². The number of nitrogens with one attached hydrogen (secondary N) is 1. The lowest BCUT2D eigenvalue weighted by atomic mass is 10.1. The molecule has 0 spiro atoms. The van der Waals surface area contributed by atoms with Crippen LogP contribution in [-0.4, -0.2) is 55.5 Å². The molecule has 1 atom stereocenters. The molecule has 3 amide bonds. The molecule has 166 valence electrons. The number of esters is 1. The molecule has 0 aliphatic carbocycles. The molecule has 2 aromatic carbocycles. The van der Waals surface area contributed by atoms with Crippen molar-refractivity contribution in [2.45, 2.75) is 13.0 Å². The lowest BCUT2D eigenvalue weighted by Gasteiger charge is -2.15. The molecular weight excluding hydrogens is 416 g/mol. The maximum atomic E-state index is 12.5. The molecule has 1 N–H and O–H groups in total. The molecule has 0 saturated carbocycles. The lowest BCUT2D eigenvalue weighted by Crippen LogP contribution is -2.30. The number of carbonyl (C=O) groups is 4. The van der Waals surface area contributed by atoms with Crippen LogP contribution in [0.3, 0.4) is 0 Å². The highest BCUT2D eigenvalue weighted by atomic mass is 16.5. The highest BCUT2D eigenvalue weighted by Gasteiger charge is 2.35. The summed E-state index contributed by atoms with van der Waals surface area (Å²) < 4.78 is 15.6. The minimum Gasteiger partial charge on any atom is -0.497 e. The maximum absolute atomic E-state index is 12.5. The number of hydrogen-bond donors (Lipinski definition) is 1. The van der Waals surface area contributed by atoms with Gasteiger partial charge in [-0.25, -0.2) is 4.79 Å². The topological polar surface area (TPSA) is 111 Å². The van der Waals surface area contributed by atoms with Crippen molar-refractivity contribution in [3.8, 4) is 11.5 Å². The monoisotopic (exact) mass is 438 g/mol. The number of amides is 3. The van der Waals surface area contributed by atoms with E-state index in [9.17, 15) is 19.2 Å². The highest BCUT2D eigenvalue weighted by Crippen LogP contribution is 2.26. The van der Waals surface area contributed by atoms with Gasteiger partial charge in [0, 0.05) is 30.4 Å². The number of hydrogen-bond acceptors (Lipinski definition) is 7. The van der Waals surface area contributed by atoms with Gasteiger partial charge in [0.15, 0.2) is 6.10 Å². The third kappa shape index (κ3) is 4.46. The third-order valence-corrected chi connectivity index (χ3v) is 4.79. The fourth-order valence-corrected chi connectivity index (χ4v) is 3.12. The molecule has 9 nitrogen and oxygen atoms in total. The van der Waals surface area contributed by atoms with Gasteiger partial charge in [0.1, 0.15) is 11.5 Å². The Kier molecular flexibility index (Phi) is 6.58. The second kappa shape index (κ2) is 9.34. The fraction of sp³-hybridized carbons (Fsp3) is 0.217. The van der Waals surface area contributed by atoms with E-state index in [0.29, 0.717) is 17.2 Å². The van der Waals surface area contributed by atoms with Crippen LogP contribution in [0, 0.1) is 0 Å². The van der Waals surface area contributed by atoms with E-state index in [-0.39, 0.29) is 23.2 Å². The van der Waals surface area contributed by atoms with Crippen LogP contribution >= 0.6 is 0 Å². The van der Waals surface area contributed by atoms with E-state index >= 15 is 0 Å². The summed E-state index contributed by atoms with van der Waals surface area (Å²) in [5.41, 5.74) is 0.754. The van der Waals surface area contributed by atoms with Crippen molar-refractivity contribution in [1.29, 1.82) is 0 Å². The second-order valence-corrected chi connectivity index (χ2v) is 6.91. The molecule has 0 radical (unpaired) electrons. The van der Waals surface area contributed by atoms with Gasteiger partial charge in [0.05, 0.1) is 30.9 Å². The molecule has 1 heterocycles. The van der Waals surface area contributed by atoms with Crippen LogP contribution in [0.25, 0.3) is 0 Å². The average molecular weight is 438 g/mol. The van der Waals surface area contributed by atoms with Gasteiger partial charge in [-0.1, -0.05) is 6.08 Å². The van der Waals surface area contributed by atoms with Crippen LogP contribution in [0.5, 0.6) is 11.5 Å². The Labute approximate surface area is 184 Å². The molecule has 32 heavy (non-hydrogen) atoms. The number of imide groups is 1. The quantitative estimate of drug-likeness (QED) is 0.383. The van der Waals surface area contributed by atoms with Crippen molar-refractivity contribution in [3.63, 3.8) is 0 Å². The Morgan fingerprint density at radius 2 is 1.66 bits per heavy atom. The van der Waals surface area contributed by atoms with E-state index in [1.165, 1.54) is 45.4 Å².